The molecule has 0 radical (unpaired) electrons. The van der Waals surface area contributed by atoms with Gasteiger partial charge in [-0.2, -0.15) is 0 Å². The second-order valence-corrected chi connectivity index (χ2v) is 5.05. The highest BCUT2D eigenvalue weighted by atomic mass is 35.5. The van der Waals surface area contributed by atoms with Crippen LogP contribution in [0.3, 0.4) is 0 Å². The fraction of sp³-hybridized carbons (Fsp3) is 0.0625. The zero-order valence-electron chi connectivity index (χ0n) is 11.1. The summed E-state index contributed by atoms with van der Waals surface area (Å²) in [5.74, 6) is 0.422. The van der Waals surface area contributed by atoms with Crippen LogP contribution in [0.1, 0.15) is 10.4 Å². The van der Waals surface area contributed by atoms with E-state index in [-0.39, 0.29) is 5.91 Å². The third-order valence-corrected chi connectivity index (χ3v) is 3.21. The fourth-order valence-corrected chi connectivity index (χ4v) is 2.10. The van der Waals surface area contributed by atoms with Gasteiger partial charge in [-0.25, -0.2) is 0 Å². The maximum atomic E-state index is 12.1. The number of nitrogens with one attached hydrogen (secondary N) is 1. The molecular weight excluding hydrogens is 309 g/mol. The summed E-state index contributed by atoms with van der Waals surface area (Å²) in [6.45, 7) is 3.99. The van der Waals surface area contributed by atoms with Crippen molar-refractivity contribution >= 4 is 34.8 Å². The van der Waals surface area contributed by atoms with Gasteiger partial charge in [0, 0.05) is 10.6 Å². The van der Waals surface area contributed by atoms with Crippen LogP contribution in [0.5, 0.6) is 5.75 Å². The van der Waals surface area contributed by atoms with Gasteiger partial charge in [0.15, 0.2) is 0 Å². The molecule has 2 aromatic carbocycles. The molecule has 0 aromatic heterocycles. The number of amides is 1. The van der Waals surface area contributed by atoms with E-state index < -0.39 is 0 Å². The average molecular weight is 322 g/mol. The van der Waals surface area contributed by atoms with E-state index in [1.165, 1.54) is 0 Å². The van der Waals surface area contributed by atoms with E-state index in [1.54, 1.807) is 48.5 Å². The molecule has 0 heterocycles. The minimum atomic E-state index is -0.255. The molecule has 0 aliphatic heterocycles. The van der Waals surface area contributed by atoms with Crippen molar-refractivity contribution in [3.8, 4) is 5.75 Å². The number of hydrogen-bond acceptors (Lipinski definition) is 2. The predicted molar refractivity (Wildman–Crippen MR) is 86.5 cm³/mol. The van der Waals surface area contributed by atoms with Crippen molar-refractivity contribution in [3.05, 3.63) is 70.7 Å². The molecule has 108 valence electrons. The van der Waals surface area contributed by atoms with Crippen LogP contribution < -0.4 is 10.1 Å². The Morgan fingerprint density at radius 1 is 1.19 bits per heavy atom. The number of halogens is 2. The van der Waals surface area contributed by atoms with Crippen LogP contribution >= 0.6 is 23.2 Å². The Bertz CT molecular complexity index is 654. The second kappa shape index (κ2) is 7.16. The Labute approximate surface area is 133 Å². The van der Waals surface area contributed by atoms with E-state index in [1.807, 2.05) is 0 Å². The molecular formula is C16H13Cl2NO2. The lowest BCUT2D eigenvalue weighted by Gasteiger charge is -2.08. The molecule has 1 amide bonds. The quantitative estimate of drug-likeness (QED) is 0.802. The van der Waals surface area contributed by atoms with Crippen LogP contribution in [0.2, 0.25) is 10.0 Å². The van der Waals surface area contributed by atoms with Gasteiger partial charge in [0.25, 0.3) is 5.91 Å². The molecule has 2 aromatic rings. The average Bonchev–Trinajstić information content (AvgIpc) is 2.48. The summed E-state index contributed by atoms with van der Waals surface area (Å²) in [5, 5.41) is 3.64. The number of hydrogen-bond donors (Lipinski definition) is 1. The molecule has 2 rings (SSSR count). The highest BCUT2D eigenvalue weighted by Crippen LogP contribution is 2.26. The van der Waals surface area contributed by atoms with E-state index >= 15 is 0 Å². The minimum absolute atomic E-state index is 0.255. The fourth-order valence-electron chi connectivity index (χ4n) is 1.64. The number of carbonyl (C=O) groups is 1. The van der Waals surface area contributed by atoms with Gasteiger partial charge in [-0.3, -0.25) is 4.79 Å². The highest BCUT2D eigenvalue weighted by Gasteiger charge is 2.09. The lowest BCUT2D eigenvalue weighted by Crippen LogP contribution is -2.12. The van der Waals surface area contributed by atoms with E-state index in [9.17, 15) is 4.79 Å². The van der Waals surface area contributed by atoms with E-state index in [0.29, 0.717) is 33.7 Å². The lowest BCUT2D eigenvalue weighted by atomic mass is 10.2. The first-order valence-corrected chi connectivity index (χ1v) is 6.96. The molecule has 0 unspecified atom stereocenters. The van der Waals surface area contributed by atoms with Crippen LogP contribution in [0.4, 0.5) is 5.69 Å². The highest BCUT2D eigenvalue weighted by molar-refractivity contribution is 6.36. The Morgan fingerprint density at radius 3 is 2.52 bits per heavy atom. The Morgan fingerprint density at radius 2 is 1.90 bits per heavy atom. The number of ether oxygens (including phenoxy) is 1. The summed E-state index contributed by atoms with van der Waals surface area (Å²) in [6, 6.07) is 11.7. The van der Waals surface area contributed by atoms with Gasteiger partial charge in [0.05, 0.1) is 10.7 Å². The molecule has 0 saturated carbocycles. The number of anilines is 1. The van der Waals surface area contributed by atoms with E-state index in [4.69, 9.17) is 27.9 Å². The summed E-state index contributed by atoms with van der Waals surface area (Å²) < 4.78 is 5.35. The summed E-state index contributed by atoms with van der Waals surface area (Å²) in [6.07, 6.45) is 1.66. The molecule has 0 aliphatic carbocycles. The van der Waals surface area contributed by atoms with Gasteiger partial charge in [-0.05, 0) is 42.5 Å². The van der Waals surface area contributed by atoms with Crippen molar-refractivity contribution < 1.29 is 9.53 Å². The monoisotopic (exact) mass is 321 g/mol. The zero-order chi connectivity index (χ0) is 15.2. The Balaban J connectivity index is 2.07. The topological polar surface area (TPSA) is 38.3 Å². The summed E-state index contributed by atoms with van der Waals surface area (Å²) in [5.41, 5.74) is 1.02. The van der Waals surface area contributed by atoms with Crippen molar-refractivity contribution in [2.75, 3.05) is 11.9 Å². The first-order valence-electron chi connectivity index (χ1n) is 6.20. The maximum Gasteiger partial charge on any atom is 0.255 e. The van der Waals surface area contributed by atoms with Crippen molar-refractivity contribution in [2.24, 2.45) is 0 Å². The number of carbonyl (C=O) groups excluding carboxylic acids is 1. The van der Waals surface area contributed by atoms with Crippen molar-refractivity contribution in [1.82, 2.24) is 0 Å². The van der Waals surface area contributed by atoms with E-state index in [0.717, 1.165) is 0 Å². The molecule has 0 aliphatic rings. The predicted octanol–water partition coefficient (Wildman–Crippen LogP) is 4.81. The van der Waals surface area contributed by atoms with Gasteiger partial charge in [-0.1, -0.05) is 35.9 Å². The van der Waals surface area contributed by atoms with Crippen molar-refractivity contribution in [1.29, 1.82) is 0 Å². The first kappa shape index (κ1) is 15.4. The minimum Gasteiger partial charge on any atom is -0.490 e. The largest absolute Gasteiger partial charge is 0.490 e. The van der Waals surface area contributed by atoms with Gasteiger partial charge >= 0.3 is 0 Å². The molecule has 0 spiro atoms. The van der Waals surface area contributed by atoms with Crippen LogP contribution in [-0.4, -0.2) is 12.5 Å². The summed E-state index contributed by atoms with van der Waals surface area (Å²) >= 11 is 11.8. The molecule has 3 nitrogen and oxygen atoms in total. The van der Waals surface area contributed by atoms with Crippen LogP contribution in [0.25, 0.3) is 0 Å². The van der Waals surface area contributed by atoms with E-state index in [2.05, 4.69) is 11.9 Å². The van der Waals surface area contributed by atoms with Crippen LogP contribution in [-0.2, 0) is 0 Å². The molecule has 1 N–H and O–H groups in total. The van der Waals surface area contributed by atoms with Gasteiger partial charge in [-0.15, -0.1) is 0 Å². The molecule has 0 fully saturated rings. The maximum absolute atomic E-state index is 12.1. The van der Waals surface area contributed by atoms with Crippen LogP contribution in [0, 0.1) is 0 Å². The number of rotatable bonds is 5. The van der Waals surface area contributed by atoms with Gasteiger partial charge in [0.2, 0.25) is 0 Å². The first-order chi connectivity index (χ1) is 10.1. The van der Waals surface area contributed by atoms with Gasteiger partial charge < -0.3 is 10.1 Å². The normalized spacial score (nSPS) is 10.0. The Hall–Kier alpha value is -1.97. The molecule has 0 bridgehead atoms. The van der Waals surface area contributed by atoms with Gasteiger partial charge in [0.1, 0.15) is 12.4 Å². The smallest absolute Gasteiger partial charge is 0.255 e. The zero-order valence-corrected chi connectivity index (χ0v) is 12.6. The molecule has 0 atom stereocenters. The third-order valence-electron chi connectivity index (χ3n) is 2.66. The molecule has 0 saturated heterocycles. The van der Waals surface area contributed by atoms with Crippen molar-refractivity contribution in [3.63, 3.8) is 0 Å². The summed E-state index contributed by atoms with van der Waals surface area (Å²) in [4.78, 5) is 12.1. The summed E-state index contributed by atoms with van der Waals surface area (Å²) in [7, 11) is 0. The molecule has 5 heteroatoms. The standard InChI is InChI=1S/C16H13Cl2NO2/c1-2-9-21-13-6-3-11(4-7-13)16(20)19-15-8-5-12(17)10-14(15)18/h2-8,10H,1,9H2,(H,19,20). The number of benzene rings is 2. The lowest BCUT2D eigenvalue weighted by molar-refractivity contribution is 0.102. The van der Waals surface area contributed by atoms with Crippen LogP contribution in [0.15, 0.2) is 55.1 Å². The molecule has 21 heavy (non-hydrogen) atoms. The Kier molecular flexibility index (Phi) is 5.26. The second-order valence-electron chi connectivity index (χ2n) is 4.20. The van der Waals surface area contributed by atoms with Crippen molar-refractivity contribution in [2.45, 2.75) is 0 Å². The SMILES string of the molecule is C=CCOc1ccc(C(=O)Nc2ccc(Cl)cc2Cl)cc1. The third kappa shape index (κ3) is 4.25.